The number of aryl methyl sites for hydroxylation is 2. The average Bonchev–Trinajstić information content (AvgIpc) is 2.87. The Balaban J connectivity index is 1.53. The van der Waals surface area contributed by atoms with Crippen molar-refractivity contribution in [3.05, 3.63) is 83.4 Å². The molecule has 0 bridgehead atoms. The van der Waals surface area contributed by atoms with Gasteiger partial charge in [-0.15, -0.1) is 0 Å². The maximum atomic E-state index is 13.7. The molecule has 4 rings (SSSR count). The van der Waals surface area contributed by atoms with Crippen LogP contribution < -0.4 is 19.1 Å². The SMILES string of the molecule is Cc1ccc(OCCNC(=O)[C@@H]2CN(S(=O)(=O)c3ccccc3)c3cc(C(C)(C)C)ccc3O2)cc1C. The monoisotopic (exact) mass is 522 g/mol. The molecule has 1 aliphatic heterocycles. The highest BCUT2D eigenvalue weighted by atomic mass is 32.2. The van der Waals surface area contributed by atoms with Crippen LogP contribution in [0.4, 0.5) is 5.69 Å². The zero-order valence-corrected chi connectivity index (χ0v) is 22.8. The van der Waals surface area contributed by atoms with Crippen LogP contribution in [0, 0.1) is 13.8 Å². The quantitative estimate of drug-likeness (QED) is 0.453. The number of hydrogen-bond acceptors (Lipinski definition) is 5. The topological polar surface area (TPSA) is 84.9 Å². The third kappa shape index (κ3) is 5.91. The Kier molecular flexibility index (Phi) is 7.50. The first kappa shape index (κ1) is 26.5. The summed E-state index contributed by atoms with van der Waals surface area (Å²) in [6.45, 7) is 10.6. The van der Waals surface area contributed by atoms with Crippen LogP contribution in [0.1, 0.15) is 37.5 Å². The van der Waals surface area contributed by atoms with Gasteiger partial charge in [0.25, 0.3) is 15.9 Å². The van der Waals surface area contributed by atoms with Crippen molar-refractivity contribution in [2.45, 2.75) is 51.0 Å². The predicted molar refractivity (Wildman–Crippen MR) is 145 cm³/mol. The van der Waals surface area contributed by atoms with Crippen LogP contribution >= 0.6 is 0 Å². The fraction of sp³-hybridized carbons (Fsp3) is 0.345. The lowest BCUT2D eigenvalue weighted by molar-refractivity contribution is -0.127. The number of carbonyl (C=O) groups is 1. The van der Waals surface area contributed by atoms with Gasteiger partial charge in [-0.1, -0.05) is 51.1 Å². The fourth-order valence-electron chi connectivity index (χ4n) is 4.06. The number of hydrogen-bond donors (Lipinski definition) is 1. The fourth-order valence-corrected chi connectivity index (χ4v) is 5.55. The zero-order chi connectivity index (χ0) is 26.8. The molecule has 8 heteroatoms. The molecular weight excluding hydrogens is 488 g/mol. The van der Waals surface area contributed by atoms with E-state index in [9.17, 15) is 13.2 Å². The van der Waals surface area contributed by atoms with Crippen molar-refractivity contribution in [2.24, 2.45) is 0 Å². The normalized spacial score (nSPS) is 15.5. The molecule has 1 atom stereocenters. The van der Waals surface area contributed by atoms with Crippen LogP contribution in [0.25, 0.3) is 0 Å². The van der Waals surface area contributed by atoms with Gasteiger partial charge in [0.2, 0.25) is 0 Å². The van der Waals surface area contributed by atoms with E-state index in [1.54, 1.807) is 36.4 Å². The Morgan fingerprint density at radius 3 is 2.43 bits per heavy atom. The summed E-state index contributed by atoms with van der Waals surface area (Å²) in [4.78, 5) is 13.2. The van der Waals surface area contributed by atoms with E-state index in [0.717, 1.165) is 16.9 Å². The van der Waals surface area contributed by atoms with Crippen molar-refractivity contribution in [3.8, 4) is 11.5 Å². The van der Waals surface area contributed by atoms with E-state index in [-0.39, 0.29) is 30.0 Å². The van der Waals surface area contributed by atoms with Crippen LogP contribution in [-0.2, 0) is 20.2 Å². The van der Waals surface area contributed by atoms with Crippen LogP contribution in [0.15, 0.2) is 71.6 Å². The van der Waals surface area contributed by atoms with E-state index >= 15 is 0 Å². The third-order valence-electron chi connectivity index (χ3n) is 6.47. The summed E-state index contributed by atoms with van der Waals surface area (Å²) in [5.41, 5.74) is 3.51. The number of ether oxygens (including phenoxy) is 2. The molecule has 1 amide bonds. The van der Waals surface area contributed by atoms with E-state index in [0.29, 0.717) is 11.4 Å². The summed E-state index contributed by atoms with van der Waals surface area (Å²) >= 11 is 0. The standard InChI is InChI=1S/C29H34N2O5S/c1-20-11-13-23(17-21(20)2)35-16-15-30-28(32)27-19-31(37(33,34)24-9-7-6-8-10-24)25-18-22(29(3,4)5)12-14-26(25)36-27/h6-14,17-18,27H,15-16,19H2,1-5H3,(H,30,32)/t27-/m0/s1. The van der Waals surface area contributed by atoms with Crippen LogP contribution in [0.3, 0.4) is 0 Å². The first-order chi connectivity index (χ1) is 17.5. The van der Waals surface area contributed by atoms with Gasteiger partial charge in [-0.25, -0.2) is 8.42 Å². The molecule has 1 heterocycles. The van der Waals surface area contributed by atoms with Gasteiger partial charge >= 0.3 is 0 Å². The average molecular weight is 523 g/mol. The Bertz CT molecular complexity index is 1380. The maximum absolute atomic E-state index is 13.7. The zero-order valence-electron chi connectivity index (χ0n) is 21.9. The van der Waals surface area contributed by atoms with E-state index in [2.05, 4.69) is 26.1 Å². The van der Waals surface area contributed by atoms with E-state index in [1.807, 2.05) is 44.2 Å². The molecule has 3 aromatic rings. The van der Waals surface area contributed by atoms with E-state index in [4.69, 9.17) is 9.47 Å². The maximum Gasteiger partial charge on any atom is 0.264 e. The molecule has 37 heavy (non-hydrogen) atoms. The minimum atomic E-state index is -3.92. The van der Waals surface area contributed by atoms with Gasteiger partial charge in [-0.2, -0.15) is 0 Å². The molecule has 0 saturated carbocycles. The van der Waals surface area contributed by atoms with Gasteiger partial charge in [0.15, 0.2) is 6.10 Å². The second kappa shape index (κ2) is 10.5. The lowest BCUT2D eigenvalue weighted by atomic mass is 9.86. The smallest absolute Gasteiger partial charge is 0.264 e. The first-order valence-corrected chi connectivity index (χ1v) is 13.8. The summed E-state index contributed by atoms with van der Waals surface area (Å²) in [6, 6.07) is 19.5. The Labute approximate surface area is 219 Å². The van der Waals surface area contributed by atoms with E-state index < -0.39 is 22.0 Å². The Hall–Kier alpha value is -3.52. The third-order valence-corrected chi connectivity index (χ3v) is 8.26. The summed E-state index contributed by atoms with van der Waals surface area (Å²) in [5, 5.41) is 2.82. The molecule has 1 N–H and O–H groups in total. The molecule has 7 nitrogen and oxygen atoms in total. The molecule has 196 valence electrons. The summed E-state index contributed by atoms with van der Waals surface area (Å²) in [6.07, 6.45) is -1.01. The number of nitrogens with zero attached hydrogens (tertiary/aromatic N) is 1. The van der Waals surface area contributed by atoms with Gasteiger partial charge in [0, 0.05) is 0 Å². The first-order valence-electron chi connectivity index (χ1n) is 12.3. The number of amides is 1. The molecule has 0 fully saturated rings. The predicted octanol–water partition coefficient (Wildman–Crippen LogP) is 4.75. The molecule has 0 aromatic heterocycles. The van der Waals surface area contributed by atoms with Gasteiger partial charge in [0.1, 0.15) is 18.1 Å². The number of sulfonamides is 1. The van der Waals surface area contributed by atoms with Gasteiger partial charge in [-0.05, 0) is 72.4 Å². The highest BCUT2D eigenvalue weighted by Gasteiger charge is 2.38. The highest BCUT2D eigenvalue weighted by molar-refractivity contribution is 7.92. The van der Waals surface area contributed by atoms with Crippen molar-refractivity contribution in [1.82, 2.24) is 5.32 Å². The largest absolute Gasteiger partial charge is 0.492 e. The Morgan fingerprint density at radius 2 is 1.76 bits per heavy atom. The molecule has 0 radical (unpaired) electrons. The second-order valence-electron chi connectivity index (χ2n) is 10.3. The van der Waals surface area contributed by atoms with E-state index in [1.165, 1.54) is 9.87 Å². The number of fused-ring (bicyclic) bond motifs is 1. The molecular formula is C29H34N2O5S. The second-order valence-corrected chi connectivity index (χ2v) is 12.1. The number of rotatable bonds is 7. The lowest BCUT2D eigenvalue weighted by Crippen LogP contribution is -2.51. The van der Waals surface area contributed by atoms with Crippen LogP contribution in [-0.4, -0.2) is 40.1 Å². The Morgan fingerprint density at radius 1 is 1.03 bits per heavy atom. The molecule has 0 spiro atoms. The molecule has 1 aliphatic rings. The number of carbonyl (C=O) groups excluding carboxylic acids is 1. The minimum absolute atomic E-state index is 0.137. The molecule has 3 aromatic carbocycles. The molecule has 0 aliphatic carbocycles. The van der Waals surface area contributed by atoms with Gasteiger partial charge in [0.05, 0.1) is 23.7 Å². The van der Waals surface area contributed by atoms with Crippen LogP contribution in [0.5, 0.6) is 11.5 Å². The van der Waals surface area contributed by atoms with Crippen molar-refractivity contribution in [3.63, 3.8) is 0 Å². The van der Waals surface area contributed by atoms with Gasteiger partial charge in [-0.3, -0.25) is 9.10 Å². The van der Waals surface area contributed by atoms with Crippen molar-refractivity contribution in [2.75, 3.05) is 24.0 Å². The number of anilines is 1. The van der Waals surface area contributed by atoms with Crippen LogP contribution in [0.2, 0.25) is 0 Å². The lowest BCUT2D eigenvalue weighted by Gasteiger charge is -2.36. The number of nitrogens with one attached hydrogen (secondary N) is 1. The number of benzene rings is 3. The van der Waals surface area contributed by atoms with Crippen molar-refractivity contribution < 1.29 is 22.7 Å². The molecule has 0 saturated heterocycles. The molecule has 0 unspecified atom stereocenters. The van der Waals surface area contributed by atoms with Gasteiger partial charge < -0.3 is 14.8 Å². The van der Waals surface area contributed by atoms with Crippen molar-refractivity contribution in [1.29, 1.82) is 0 Å². The minimum Gasteiger partial charge on any atom is -0.492 e. The highest BCUT2D eigenvalue weighted by Crippen LogP contribution is 2.40. The van der Waals surface area contributed by atoms with Crippen molar-refractivity contribution >= 4 is 21.6 Å². The summed E-state index contributed by atoms with van der Waals surface area (Å²) < 4.78 is 40.4. The summed E-state index contributed by atoms with van der Waals surface area (Å²) in [7, 11) is -3.92. The summed E-state index contributed by atoms with van der Waals surface area (Å²) in [5.74, 6) is 0.683.